The summed E-state index contributed by atoms with van der Waals surface area (Å²) >= 11 is 24.4. The number of rotatable bonds is 23. The molecule has 3 fully saturated rings. The standard InChI is InChI=1S/C25H32N4O2.C16H21BrN4O.C9H13BO3.C9H7BrClN3O.C7H15N.C5H6NO.C4HBrCl2N2.3C4H9.Sn/c1-15(2)30-21-12-8-19(9-13-21)22-14-26-25(27-20-10-6-16(3)7-11-20)28-24(22)23-17(4)29-31-18(23)5;1-9-4-6-12(7-5-9)19-16-18-8-13(17)15(20-16)14-10(2)21-22-11(14)3;1-7(2)13-9-5-3-8(4-6-9)10(11)12;1-4-7(5(2)15-14-4)8-6(10)3-12-9(11)13-8;1-6-2-4-7(8)5-3-6;1-4-3-5(2)7-6-4;5-2-1-8-4(7)9-3(2)6;3*1-3-4-2;/h8-9,12-16,20H,6-7,10-11H2,1-5H3,(H,26,27,28);8-9,12H,4-7H2,1-3H3,(H,18,19,20);3-7,11-12H,1-2H3;3H,1-2H3;6-7H,2-5,8H2,1H3;1-2H3;1H;3*1,3-4H2,2H3;. The summed E-state index contributed by atoms with van der Waals surface area (Å²) in [5.41, 5.74) is 16.9. The Hall–Kier alpha value is -6.15. The average Bonchev–Trinajstić information content (AvgIpc) is 1.69. The van der Waals surface area contributed by atoms with Crippen LogP contribution in [0.15, 0.2) is 105 Å². The smallest absolute Gasteiger partial charge is 0.223 e. The molecule has 0 unspecified atom stereocenters. The largest absolute Gasteiger partial charge is 0.491 e. The summed E-state index contributed by atoms with van der Waals surface area (Å²) in [4.78, 5) is 34.0. The van der Waals surface area contributed by atoms with Crippen molar-refractivity contribution < 1.29 is 37.6 Å². The van der Waals surface area contributed by atoms with E-state index in [-0.39, 0.29) is 22.8 Å². The molecule has 0 aliphatic heterocycles. The summed E-state index contributed by atoms with van der Waals surface area (Å²) in [6.45, 7) is 37.6. The molecular formula is C87H122BBr3Cl3N15O8Sn. The van der Waals surface area contributed by atoms with E-state index in [0.717, 1.165) is 125 Å². The van der Waals surface area contributed by atoms with Crippen LogP contribution in [-0.4, -0.2) is 126 Å². The third-order valence-electron chi connectivity index (χ3n) is 21.2. The maximum absolute atomic E-state index is 8.81. The number of halogens is 6. The summed E-state index contributed by atoms with van der Waals surface area (Å²) in [5, 5.41) is 41.7. The van der Waals surface area contributed by atoms with Gasteiger partial charge in [-0.3, -0.25) is 0 Å². The van der Waals surface area contributed by atoms with Gasteiger partial charge in [0.1, 0.15) is 33.9 Å². The van der Waals surface area contributed by atoms with Crippen molar-refractivity contribution in [1.29, 1.82) is 0 Å². The topological polar surface area (TPSA) is 316 Å². The molecule has 2 aromatic carbocycles. The Morgan fingerprint density at radius 1 is 0.475 bits per heavy atom. The molecule has 10 aromatic rings. The van der Waals surface area contributed by atoms with Crippen LogP contribution in [0.3, 0.4) is 0 Å². The molecule has 13 rings (SSSR count). The van der Waals surface area contributed by atoms with Crippen LogP contribution in [0.1, 0.15) is 231 Å². The van der Waals surface area contributed by atoms with E-state index in [9.17, 15) is 0 Å². The normalized spacial score (nSPS) is 17.0. The number of nitrogens with one attached hydrogen (secondary N) is 2. The molecule has 642 valence electrons. The van der Waals surface area contributed by atoms with E-state index in [1.807, 2.05) is 99.7 Å². The summed E-state index contributed by atoms with van der Waals surface area (Å²) in [6.07, 6.45) is 30.1. The van der Waals surface area contributed by atoms with Crippen molar-refractivity contribution in [3.63, 3.8) is 0 Å². The Balaban J connectivity index is 0.000000198. The zero-order valence-electron chi connectivity index (χ0n) is 72.0. The first-order chi connectivity index (χ1) is 56.2. The predicted octanol–water partition coefficient (Wildman–Crippen LogP) is 23.4. The number of unbranched alkanes of at least 4 members (excludes halogenated alkanes) is 3. The minimum Gasteiger partial charge on any atom is -0.491 e. The van der Waals surface area contributed by atoms with Gasteiger partial charge < -0.3 is 49.5 Å². The third-order valence-corrected chi connectivity index (χ3v) is 40.1. The van der Waals surface area contributed by atoms with Crippen LogP contribution in [0.25, 0.3) is 44.9 Å². The summed E-state index contributed by atoms with van der Waals surface area (Å²) < 4.78 is 40.9. The van der Waals surface area contributed by atoms with E-state index >= 15 is 0 Å². The number of hydrogen-bond acceptors (Lipinski definition) is 23. The summed E-state index contributed by atoms with van der Waals surface area (Å²) in [6, 6.07) is 16.2. The fourth-order valence-corrected chi connectivity index (χ4v) is 33.8. The van der Waals surface area contributed by atoms with Crippen molar-refractivity contribution in [3.05, 3.63) is 148 Å². The molecular weight excluding hydrogens is 1860 g/mol. The van der Waals surface area contributed by atoms with Crippen LogP contribution in [0.2, 0.25) is 29.0 Å². The number of aryl methyl sites for hydroxylation is 8. The molecule has 31 heteroatoms. The zero-order valence-corrected chi connectivity index (χ0v) is 81.9. The van der Waals surface area contributed by atoms with Crippen LogP contribution in [0.4, 0.5) is 11.9 Å². The van der Waals surface area contributed by atoms with Gasteiger partial charge in [0.15, 0.2) is 0 Å². The molecule has 3 aliphatic carbocycles. The molecule has 23 nitrogen and oxygen atoms in total. The van der Waals surface area contributed by atoms with E-state index in [4.69, 9.17) is 83.1 Å². The molecule has 0 spiro atoms. The van der Waals surface area contributed by atoms with Crippen molar-refractivity contribution >= 4 is 129 Å². The van der Waals surface area contributed by atoms with Gasteiger partial charge >= 0.3 is 137 Å². The van der Waals surface area contributed by atoms with Gasteiger partial charge in [0, 0.05) is 48.5 Å². The number of hydrogen-bond donors (Lipinski definition) is 5. The summed E-state index contributed by atoms with van der Waals surface area (Å²) in [7, 11) is -1.41. The molecule has 118 heavy (non-hydrogen) atoms. The minimum atomic E-state index is -2.31. The van der Waals surface area contributed by atoms with Crippen LogP contribution in [-0.2, 0) is 0 Å². The molecule has 0 saturated heterocycles. The van der Waals surface area contributed by atoms with Crippen molar-refractivity contribution in [2.24, 2.45) is 23.5 Å². The van der Waals surface area contributed by atoms with Crippen molar-refractivity contribution in [2.75, 3.05) is 10.6 Å². The molecule has 3 aliphatic rings. The maximum Gasteiger partial charge on any atom is 0.223 e. The molecule has 6 N–H and O–H groups in total. The number of aromatic nitrogens is 12. The number of nitrogens with two attached hydrogens (primary N) is 1. The molecule has 8 heterocycles. The van der Waals surface area contributed by atoms with Gasteiger partial charge in [0.05, 0.1) is 76.5 Å². The Morgan fingerprint density at radius 3 is 1.21 bits per heavy atom. The van der Waals surface area contributed by atoms with E-state index in [0.29, 0.717) is 56.6 Å². The number of nitrogens with zero attached hydrogens (tertiary/aromatic N) is 12. The SMILES string of the molecule is CC(C)Oc1ccc(B(O)O)cc1.CC1CCC(N)CC1.CCC[CH2][Sn]([CH2]CCC)([CH2]CCC)[c]1c(C)noc1C.Cc1noc(C)c1-c1nc(Cl)ncc1Br.Cc1noc(C)c1-c1nc(NC2CCC(C)CC2)ncc1-c1ccc(OC(C)C)cc1.Cc1noc(C)c1-c1nc(NC2CCC(C)CC2)ncc1Br.Clc1ncc(Br)c(Cl)n1. The number of ether oxygens (including phenoxy) is 2. The summed E-state index contributed by atoms with van der Waals surface area (Å²) in [5.74, 6) is 8.89. The molecule has 0 amide bonds. The maximum atomic E-state index is 8.81. The van der Waals surface area contributed by atoms with E-state index < -0.39 is 25.5 Å². The number of benzene rings is 2. The second kappa shape index (κ2) is 49.8. The van der Waals surface area contributed by atoms with Crippen LogP contribution >= 0.6 is 82.6 Å². The molecule has 0 bridgehead atoms. The van der Waals surface area contributed by atoms with Crippen molar-refractivity contribution in [2.45, 2.75) is 284 Å². The third kappa shape index (κ3) is 31.0. The van der Waals surface area contributed by atoms with Gasteiger partial charge in [-0.2, -0.15) is 0 Å². The van der Waals surface area contributed by atoms with Crippen LogP contribution in [0, 0.1) is 73.1 Å². The molecule has 0 radical (unpaired) electrons. The van der Waals surface area contributed by atoms with Crippen LogP contribution < -0.4 is 34.9 Å². The van der Waals surface area contributed by atoms with Crippen molar-refractivity contribution in [3.8, 4) is 56.4 Å². The first-order valence-electron chi connectivity index (χ1n) is 41.6. The quantitative estimate of drug-likeness (QED) is 0.0226. The molecule has 3 saturated carbocycles. The molecule has 0 atom stereocenters. The zero-order chi connectivity index (χ0) is 86.3. The average molecular weight is 1980 g/mol. The Kier molecular flexibility index (Phi) is 41.8. The Morgan fingerprint density at radius 2 is 0.839 bits per heavy atom. The van der Waals surface area contributed by atoms with Gasteiger partial charge in [0.2, 0.25) is 22.5 Å². The Labute approximate surface area is 743 Å². The fraction of sp³-hybridized carbons (Fsp3) is 0.540. The second-order valence-electron chi connectivity index (χ2n) is 31.9. The second-order valence-corrected chi connectivity index (χ2v) is 48.5. The van der Waals surface area contributed by atoms with Crippen LogP contribution in [0.5, 0.6) is 11.5 Å². The first-order valence-corrected chi connectivity index (χ1v) is 52.6. The monoisotopic (exact) mass is 1980 g/mol. The van der Waals surface area contributed by atoms with E-state index in [1.54, 1.807) is 40.2 Å². The van der Waals surface area contributed by atoms with E-state index in [2.05, 4.69) is 169 Å². The fourth-order valence-electron chi connectivity index (χ4n) is 14.7. The number of anilines is 2. The van der Waals surface area contributed by atoms with Gasteiger partial charge in [-0.1, -0.05) is 72.1 Å². The first kappa shape index (κ1) is 99.0. The Bertz CT molecular complexity index is 4540. The molecule has 8 aromatic heterocycles. The van der Waals surface area contributed by atoms with E-state index in [1.165, 1.54) is 128 Å². The van der Waals surface area contributed by atoms with Gasteiger partial charge in [-0.25, -0.2) is 39.9 Å². The minimum absolute atomic E-state index is 0.130. The van der Waals surface area contributed by atoms with Gasteiger partial charge in [-0.05, 0) is 270 Å². The van der Waals surface area contributed by atoms with Gasteiger partial charge in [0.25, 0.3) is 0 Å². The predicted molar refractivity (Wildman–Crippen MR) is 491 cm³/mol. The van der Waals surface area contributed by atoms with Gasteiger partial charge in [-0.15, -0.1) is 0 Å². The van der Waals surface area contributed by atoms with Crippen molar-refractivity contribution in [1.82, 2.24) is 60.5 Å².